The molecule has 4 bridgehead atoms. The number of hydrogen-bond acceptors (Lipinski definition) is 3. The van der Waals surface area contributed by atoms with Crippen LogP contribution in [-0.2, 0) is 0 Å². The van der Waals surface area contributed by atoms with Gasteiger partial charge in [-0.15, -0.1) is 11.3 Å². The zero-order valence-electron chi connectivity index (χ0n) is 12.0. The van der Waals surface area contributed by atoms with Gasteiger partial charge in [-0.3, -0.25) is 4.79 Å². The Hall–Kier alpha value is -0.900. The largest absolute Gasteiger partial charge is 0.348 e. The Balaban J connectivity index is 1.51. The third-order valence-corrected chi connectivity index (χ3v) is 6.60. The van der Waals surface area contributed by atoms with Gasteiger partial charge in [0, 0.05) is 11.4 Å². The van der Waals surface area contributed by atoms with Gasteiger partial charge in [0.15, 0.2) is 0 Å². The second-order valence-corrected chi connectivity index (χ2v) is 8.07. The molecular formula is C16H22N2OS. The number of carbonyl (C=O) groups is 1. The highest BCUT2D eigenvalue weighted by Crippen LogP contribution is 2.61. The van der Waals surface area contributed by atoms with Gasteiger partial charge < -0.3 is 5.32 Å². The zero-order chi connectivity index (χ0) is 13.7. The van der Waals surface area contributed by atoms with E-state index in [4.69, 9.17) is 0 Å². The Kier molecular flexibility index (Phi) is 2.92. The van der Waals surface area contributed by atoms with Gasteiger partial charge in [-0.25, -0.2) is 4.98 Å². The van der Waals surface area contributed by atoms with Gasteiger partial charge in [0.05, 0.1) is 5.51 Å². The van der Waals surface area contributed by atoms with Crippen molar-refractivity contribution in [3.63, 3.8) is 0 Å². The van der Waals surface area contributed by atoms with Gasteiger partial charge in [-0.1, -0.05) is 0 Å². The van der Waals surface area contributed by atoms with Crippen LogP contribution in [0.4, 0.5) is 0 Å². The average Bonchev–Trinajstić information content (AvgIpc) is 2.90. The molecule has 5 rings (SSSR count). The van der Waals surface area contributed by atoms with Crippen LogP contribution in [0.2, 0.25) is 0 Å². The van der Waals surface area contributed by atoms with Crippen LogP contribution in [0.3, 0.4) is 0 Å². The van der Waals surface area contributed by atoms with Crippen LogP contribution in [0.5, 0.6) is 0 Å². The summed E-state index contributed by atoms with van der Waals surface area (Å²) in [6.07, 6.45) is 8.34. The summed E-state index contributed by atoms with van der Waals surface area (Å²) in [5, 5.41) is 5.08. The predicted octanol–water partition coefficient (Wildman–Crippen LogP) is 3.48. The van der Waals surface area contributed by atoms with Gasteiger partial charge in [-0.2, -0.15) is 0 Å². The van der Waals surface area contributed by atoms with Crippen molar-refractivity contribution in [3.05, 3.63) is 16.6 Å². The number of carbonyl (C=O) groups excluding carboxylic acids is 1. The molecule has 4 heteroatoms. The average molecular weight is 290 g/mol. The summed E-state index contributed by atoms with van der Waals surface area (Å²) in [6.45, 7) is 2.22. The van der Waals surface area contributed by atoms with Crippen molar-refractivity contribution in [2.24, 2.45) is 23.2 Å². The van der Waals surface area contributed by atoms with E-state index in [0.717, 1.165) is 17.8 Å². The highest BCUT2D eigenvalue weighted by molar-refractivity contribution is 7.07. The highest BCUT2D eigenvalue weighted by atomic mass is 32.1. The van der Waals surface area contributed by atoms with Crippen LogP contribution in [0, 0.1) is 23.2 Å². The van der Waals surface area contributed by atoms with E-state index in [9.17, 15) is 4.79 Å². The molecule has 0 aliphatic heterocycles. The summed E-state index contributed by atoms with van der Waals surface area (Å²) in [4.78, 5) is 16.4. The topological polar surface area (TPSA) is 42.0 Å². The van der Waals surface area contributed by atoms with Crippen molar-refractivity contribution in [3.8, 4) is 0 Å². The summed E-state index contributed by atoms with van der Waals surface area (Å²) in [7, 11) is 0. The van der Waals surface area contributed by atoms with E-state index in [2.05, 4.69) is 17.2 Å². The lowest BCUT2D eigenvalue weighted by molar-refractivity contribution is -0.0688. The minimum atomic E-state index is 0.00879. The lowest BCUT2D eigenvalue weighted by Gasteiger charge is -2.59. The maximum Gasteiger partial charge on any atom is 0.270 e. The first-order chi connectivity index (χ1) is 9.64. The maximum atomic E-state index is 12.2. The van der Waals surface area contributed by atoms with E-state index in [1.54, 1.807) is 5.51 Å². The van der Waals surface area contributed by atoms with Gasteiger partial charge >= 0.3 is 0 Å². The second kappa shape index (κ2) is 4.55. The summed E-state index contributed by atoms with van der Waals surface area (Å²) in [5.74, 6) is 2.80. The van der Waals surface area contributed by atoms with Crippen molar-refractivity contribution >= 4 is 17.2 Å². The van der Waals surface area contributed by atoms with Gasteiger partial charge in [0.1, 0.15) is 5.69 Å². The molecular weight excluding hydrogens is 268 g/mol. The third-order valence-electron chi connectivity index (χ3n) is 6.02. The van der Waals surface area contributed by atoms with Gasteiger partial charge in [-0.05, 0) is 68.6 Å². The fourth-order valence-corrected chi connectivity index (χ4v) is 5.99. The number of nitrogens with one attached hydrogen (secondary N) is 1. The molecule has 1 heterocycles. The van der Waals surface area contributed by atoms with E-state index >= 15 is 0 Å². The fraction of sp³-hybridized carbons (Fsp3) is 0.750. The molecule has 1 atom stereocenters. The van der Waals surface area contributed by atoms with Crippen LogP contribution in [0.25, 0.3) is 0 Å². The molecule has 3 nitrogen and oxygen atoms in total. The van der Waals surface area contributed by atoms with E-state index in [1.165, 1.54) is 49.9 Å². The first-order valence-corrected chi connectivity index (χ1v) is 8.78. The highest BCUT2D eigenvalue weighted by Gasteiger charge is 2.53. The number of aromatic nitrogens is 1. The maximum absolute atomic E-state index is 12.2. The normalized spacial score (nSPS) is 39.8. The van der Waals surface area contributed by atoms with Gasteiger partial charge in [0.2, 0.25) is 0 Å². The molecule has 1 aromatic rings. The molecule has 20 heavy (non-hydrogen) atoms. The van der Waals surface area contributed by atoms with Crippen LogP contribution in [0.15, 0.2) is 10.9 Å². The van der Waals surface area contributed by atoms with Crippen LogP contribution in [-0.4, -0.2) is 16.9 Å². The summed E-state index contributed by atoms with van der Waals surface area (Å²) >= 11 is 1.48. The molecule has 1 N–H and O–H groups in total. The number of rotatable bonds is 3. The van der Waals surface area contributed by atoms with Crippen LogP contribution in [0.1, 0.15) is 55.9 Å². The summed E-state index contributed by atoms with van der Waals surface area (Å²) < 4.78 is 0. The van der Waals surface area contributed by atoms with E-state index < -0.39 is 0 Å². The van der Waals surface area contributed by atoms with Crippen molar-refractivity contribution in [2.45, 2.75) is 51.5 Å². The van der Waals surface area contributed by atoms with Crippen LogP contribution < -0.4 is 5.32 Å². The zero-order valence-corrected chi connectivity index (χ0v) is 12.8. The smallest absolute Gasteiger partial charge is 0.270 e. The third kappa shape index (κ3) is 2.00. The van der Waals surface area contributed by atoms with E-state index in [0.29, 0.717) is 11.1 Å². The SMILES string of the molecule is CC(NC(=O)c1cscn1)C12CC3CC(CC(C3)C1)C2. The van der Waals surface area contributed by atoms with E-state index in [-0.39, 0.29) is 11.9 Å². The molecule has 4 aliphatic carbocycles. The Morgan fingerprint density at radius 2 is 1.90 bits per heavy atom. The monoisotopic (exact) mass is 290 g/mol. The second-order valence-electron chi connectivity index (χ2n) is 7.35. The van der Waals surface area contributed by atoms with Crippen molar-refractivity contribution in [2.75, 3.05) is 0 Å². The molecule has 4 saturated carbocycles. The van der Waals surface area contributed by atoms with Gasteiger partial charge in [0.25, 0.3) is 5.91 Å². The number of nitrogens with zero attached hydrogens (tertiary/aromatic N) is 1. The quantitative estimate of drug-likeness (QED) is 0.926. The summed E-state index contributed by atoms with van der Waals surface area (Å²) in [5.41, 5.74) is 2.68. The minimum Gasteiger partial charge on any atom is -0.348 e. The molecule has 1 unspecified atom stereocenters. The molecule has 108 valence electrons. The molecule has 4 aliphatic rings. The Bertz CT molecular complexity index is 475. The Labute approximate surface area is 124 Å². The molecule has 1 aromatic heterocycles. The first-order valence-electron chi connectivity index (χ1n) is 7.84. The van der Waals surface area contributed by atoms with E-state index in [1.807, 2.05) is 5.38 Å². The Morgan fingerprint density at radius 3 is 2.40 bits per heavy atom. The van der Waals surface area contributed by atoms with Crippen molar-refractivity contribution < 1.29 is 4.79 Å². The number of amides is 1. The lowest BCUT2D eigenvalue weighted by atomic mass is 9.48. The first kappa shape index (κ1) is 12.8. The van der Waals surface area contributed by atoms with Crippen molar-refractivity contribution in [1.29, 1.82) is 0 Å². The molecule has 0 aromatic carbocycles. The number of thiazole rings is 1. The lowest BCUT2D eigenvalue weighted by Crippen LogP contribution is -2.55. The molecule has 0 saturated heterocycles. The van der Waals surface area contributed by atoms with Crippen LogP contribution >= 0.6 is 11.3 Å². The Morgan fingerprint density at radius 1 is 1.30 bits per heavy atom. The molecule has 0 radical (unpaired) electrons. The van der Waals surface area contributed by atoms with Crippen molar-refractivity contribution in [1.82, 2.24) is 10.3 Å². The summed E-state index contributed by atoms with van der Waals surface area (Å²) in [6, 6.07) is 0.282. The fourth-order valence-electron chi connectivity index (χ4n) is 5.46. The minimum absolute atomic E-state index is 0.00879. The molecule has 0 spiro atoms. The predicted molar refractivity (Wildman–Crippen MR) is 79.6 cm³/mol. The number of hydrogen-bond donors (Lipinski definition) is 1. The molecule has 1 amide bonds. The standard InChI is InChI=1S/C16H22N2OS/c1-10(18-15(19)14-8-20-9-17-14)16-5-11-2-12(6-16)4-13(3-11)7-16/h8-13H,2-7H2,1H3,(H,18,19). The molecule has 4 fully saturated rings.